The van der Waals surface area contributed by atoms with E-state index in [4.69, 9.17) is 4.74 Å². The number of hydrogen-bond acceptors (Lipinski definition) is 3. The highest BCUT2D eigenvalue weighted by Gasteiger charge is 2.25. The van der Waals surface area contributed by atoms with E-state index in [2.05, 4.69) is 6.92 Å². The van der Waals surface area contributed by atoms with Crippen LogP contribution in [0.1, 0.15) is 58.9 Å². The standard InChI is InChI=1S/C25H30N2O3/c1-2-19-7-9-20(10-8-19)24(28)26-15-17-27(18-16-26)25(29)21-11-13-23(14-12-21)30-22-5-3-4-6-22/h7-14,22H,2-6,15-18H2,1H3. The van der Waals surface area contributed by atoms with Crippen LogP contribution in [0, 0.1) is 0 Å². The number of carbonyl (C=O) groups is 2. The third kappa shape index (κ3) is 4.66. The number of hydrogen-bond donors (Lipinski definition) is 0. The quantitative estimate of drug-likeness (QED) is 0.749. The predicted octanol–water partition coefficient (Wildman–Crippen LogP) is 4.17. The molecule has 2 fully saturated rings. The molecule has 0 atom stereocenters. The van der Waals surface area contributed by atoms with Crippen molar-refractivity contribution in [3.8, 4) is 5.75 Å². The summed E-state index contributed by atoms with van der Waals surface area (Å²) in [5.74, 6) is 0.892. The molecule has 1 aliphatic heterocycles. The molecule has 0 aromatic heterocycles. The van der Waals surface area contributed by atoms with Gasteiger partial charge in [-0.2, -0.15) is 0 Å². The zero-order chi connectivity index (χ0) is 20.9. The first-order valence-electron chi connectivity index (χ1n) is 11.1. The lowest BCUT2D eigenvalue weighted by molar-refractivity contribution is 0.0535. The van der Waals surface area contributed by atoms with Gasteiger partial charge >= 0.3 is 0 Å². The molecule has 0 unspecified atom stereocenters. The van der Waals surface area contributed by atoms with Crippen molar-refractivity contribution in [3.63, 3.8) is 0 Å². The Morgan fingerprint density at radius 1 is 0.800 bits per heavy atom. The van der Waals surface area contributed by atoms with Gasteiger partial charge in [-0.25, -0.2) is 0 Å². The monoisotopic (exact) mass is 406 g/mol. The predicted molar refractivity (Wildman–Crippen MR) is 117 cm³/mol. The summed E-state index contributed by atoms with van der Waals surface area (Å²) in [5.41, 5.74) is 2.61. The molecule has 1 heterocycles. The maximum absolute atomic E-state index is 12.9. The maximum Gasteiger partial charge on any atom is 0.253 e. The zero-order valence-corrected chi connectivity index (χ0v) is 17.7. The fourth-order valence-corrected chi connectivity index (χ4v) is 4.24. The number of carbonyl (C=O) groups excluding carboxylic acids is 2. The van der Waals surface area contributed by atoms with Crippen molar-refractivity contribution < 1.29 is 14.3 Å². The van der Waals surface area contributed by atoms with E-state index in [0.29, 0.717) is 43.4 Å². The largest absolute Gasteiger partial charge is 0.490 e. The van der Waals surface area contributed by atoms with Gasteiger partial charge in [-0.15, -0.1) is 0 Å². The second-order valence-electron chi connectivity index (χ2n) is 8.18. The Labute approximate surface area is 178 Å². The molecule has 0 bridgehead atoms. The summed E-state index contributed by atoms with van der Waals surface area (Å²) in [6.07, 6.45) is 5.98. The van der Waals surface area contributed by atoms with Gasteiger partial charge in [0, 0.05) is 37.3 Å². The van der Waals surface area contributed by atoms with Crippen molar-refractivity contribution >= 4 is 11.8 Å². The van der Waals surface area contributed by atoms with Crippen LogP contribution in [0.25, 0.3) is 0 Å². The topological polar surface area (TPSA) is 49.9 Å². The molecular formula is C25H30N2O3. The fraction of sp³-hybridized carbons (Fsp3) is 0.440. The van der Waals surface area contributed by atoms with Crippen molar-refractivity contribution in [2.75, 3.05) is 26.2 Å². The molecule has 5 nitrogen and oxygen atoms in total. The molecule has 30 heavy (non-hydrogen) atoms. The number of rotatable bonds is 5. The van der Waals surface area contributed by atoms with Crippen LogP contribution in [0.5, 0.6) is 5.75 Å². The third-order valence-corrected chi connectivity index (χ3v) is 6.17. The molecule has 2 aliphatic rings. The minimum absolute atomic E-state index is 0.0156. The Balaban J connectivity index is 1.30. The normalized spacial score (nSPS) is 17.2. The van der Waals surface area contributed by atoms with Gasteiger partial charge in [0.2, 0.25) is 0 Å². The van der Waals surface area contributed by atoms with Crippen LogP contribution in [-0.2, 0) is 6.42 Å². The molecule has 1 aliphatic carbocycles. The molecule has 0 radical (unpaired) electrons. The summed E-state index contributed by atoms with van der Waals surface area (Å²) in [6, 6.07) is 15.3. The lowest BCUT2D eigenvalue weighted by Crippen LogP contribution is -2.50. The summed E-state index contributed by atoms with van der Waals surface area (Å²) in [4.78, 5) is 29.3. The lowest BCUT2D eigenvalue weighted by atomic mass is 10.1. The summed E-state index contributed by atoms with van der Waals surface area (Å²) in [5, 5.41) is 0. The molecule has 2 aromatic carbocycles. The minimum atomic E-state index is 0.0156. The Hall–Kier alpha value is -2.82. The third-order valence-electron chi connectivity index (χ3n) is 6.17. The molecule has 1 saturated heterocycles. The Morgan fingerprint density at radius 3 is 1.73 bits per heavy atom. The van der Waals surface area contributed by atoms with Gasteiger partial charge in [-0.3, -0.25) is 9.59 Å². The Kier molecular flexibility index (Phi) is 6.36. The highest BCUT2D eigenvalue weighted by molar-refractivity contribution is 5.96. The highest BCUT2D eigenvalue weighted by atomic mass is 16.5. The van der Waals surface area contributed by atoms with Gasteiger partial charge in [-0.1, -0.05) is 19.1 Å². The van der Waals surface area contributed by atoms with E-state index < -0.39 is 0 Å². The van der Waals surface area contributed by atoms with Crippen molar-refractivity contribution in [2.45, 2.75) is 45.1 Å². The second kappa shape index (κ2) is 9.33. The van der Waals surface area contributed by atoms with Gasteiger partial charge in [0.1, 0.15) is 5.75 Å². The Morgan fingerprint density at radius 2 is 1.27 bits per heavy atom. The number of ether oxygens (including phenoxy) is 1. The van der Waals surface area contributed by atoms with E-state index in [9.17, 15) is 9.59 Å². The van der Waals surface area contributed by atoms with Gasteiger partial charge in [0.15, 0.2) is 0 Å². The fourth-order valence-electron chi connectivity index (χ4n) is 4.24. The molecule has 2 amide bonds. The van der Waals surface area contributed by atoms with Crippen LogP contribution in [0.4, 0.5) is 0 Å². The SMILES string of the molecule is CCc1ccc(C(=O)N2CCN(C(=O)c3ccc(OC4CCCC4)cc3)CC2)cc1. The molecule has 1 saturated carbocycles. The van der Waals surface area contributed by atoms with Crippen molar-refractivity contribution in [2.24, 2.45) is 0 Å². The van der Waals surface area contributed by atoms with Gasteiger partial charge in [-0.05, 0) is 74.1 Å². The summed E-state index contributed by atoms with van der Waals surface area (Å²) < 4.78 is 5.98. The first-order valence-corrected chi connectivity index (χ1v) is 11.1. The molecule has 4 rings (SSSR count). The first-order chi connectivity index (χ1) is 14.6. The average molecular weight is 407 g/mol. The van der Waals surface area contributed by atoms with E-state index in [-0.39, 0.29) is 11.8 Å². The molecule has 0 N–H and O–H groups in total. The van der Waals surface area contributed by atoms with E-state index in [0.717, 1.165) is 25.0 Å². The van der Waals surface area contributed by atoms with Gasteiger partial charge in [0.25, 0.3) is 11.8 Å². The molecule has 0 spiro atoms. The van der Waals surface area contributed by atoms with Crippen LogP contribution in [0.15, 0.2) is 48.5 Å². The van der Waals surface area contributed by atoms with Crippen LogP contribution < -0.4 is 4.74 Å². The number of aryl methyl sites for hydroxylation is 1. The van der Waals surface area contributed by atoms with Crippen LogP contribution in [0.3, 0.4) is 0 Å². The molecule has 2 aromatic rings. The number of amides is 2. The van der Waals surface area contributed by atoms with Crippen molar-refractivity contribution in [1.82, 2.24) is 9.80 Å². The minimum Gasteiger partial charge on any atom is -0.490 e. The summed E-state index contributed by atoms with van der Waals surface area (Å²) in [7, 11) is 0. The van der Waals surface area contributed by atoms with E-state index >= 15 is 0 Å². The van der Waals surface area contributed by atoms with E-state index in [1.165, 1.54) is 18.4 Å². The number of nitrogens with zero attached hydrogens (tertiary/aromatic N) is 2. The highest BCUT2D eigenvalue weighted by Crippen LogP contribution is 2.24. The average Bonchev–Trinajstić information content (AvgIpc) is 3.32. The molecular weight excluding hydrogens is 376 g/mol. The maximum atomic E-state index is 12.9. The van der Waals surface area contributed by atoms with Crippen LogP contribution in [-0.4, -0.2) is 53.9 Å². The van der Waals surface area contributed by atoms with Crippen molar-refractivity contribution in [3.05, 3.63) is 65.2 Å². The van der Waals surface area contributed by atoms with Crippen LogP contribution in [0.2, 0.25) is 0 Å². The van der Waals surface area contributed by atoms with Crippen molar-refractivity contribution in [1.29, 1.82) is 0 Å². The summed E-state index contributed by atoms with van der Waals surface area (Å²) in [6.45, 7) is 4.32. The number of benzene rings is 2. The number of piperazine rings is 1. The van der Waals surface area contributed by atoms with E-state index in [1.807, 2.05) is 58.3 Å². The lowest BCUT2D eigenvalue weighted by Gasteiger charge is -2.35. The summed E-state index contributed by atoms with van der Waals surface area (Å²) >= 11 is 0. The Bertz CT molecular complexity index is 862. The van der Waals surface area contributed by atoms with E-state index in [1.54, 1.807) is 0 Å². The zero-order valence-electron chi connectivity index (χ0n) is 17.7. The molecule has 5 heteroatoms. The molecule has 158 valence electrons. The van der Waals surface area contributed by atoms with Gasteiger partial charge < -0.3 is 14.5 Å². The van der Waals surface area contributed by atoms with Gasteiger partial charge in [0.05, 0.1) is 6.10 Å². The smallest absolute Gasteiger partial charge is 0.253 e. The first kappa shape index (κ1) is 20.5. The van der Waals surface area contributed by atoms with Crippen LogP contribution >= 0.6 is 0 Å². The second-order valence-corrected chi connectivity index (χ2v) is 8.18.